The number of carbonyl (C=O) groups is 1. The molecule has 1 aromatic heterocycles. The Morgan fingerprint density at radius 3 is 2.76 bits per heavy atom. The lowest BCUT2D eigenvalue weighted by Crippen LogP contribution is -2.14. The van der Waals surface area contributed by atoms with E-state index >= 15 is 0 Å². The third kappa shape index (κ3) is 3.90. The van der Waals surface area contributed by atoms with Crippen LogP contribution >= 0.6 is 0 Å². The number of aromatic nitrogens is 2. The van der Waals surface area contributed by atoms with E-state index in [1.165, 1.54) is 0 Å². The summed E-state index contributed by atoms with van der Waals surface area (Å²) in [4.78, 5) is 19.4. The Morgan fingerprint density at radius 1 is 1.41 bits per heavy atom. The number of esters is 1. The lowest BCUT2D eigenvalue weighted by Gasteiger charge is -2.10. The molecule has 0 atom stereocenters. The number of rotatable bonds is 5. The van der Waals surface area contributed by atoms with Crippen LogP contribution < -0.4 is 11.1 Å². The number of carbonyl (C=O) groups excluding carboxylic acids is 1. The van der Waals surface area contributed by atoms with Crippen LogP contribution in [-0.4, -0.2) is 29.1 Å². The standard InChI is InChI=1S/C11H18N4O2/c1-4-17-9(16)5-6-13-11-7(2)10(12)14-8(3)15-11/h4-6H2,1-3H3,(H3,12,13,14,15). The molecule has 94 valence electrons. The summed E-state index contributed by atoms with van der Waals surface area (Å²) in [6.07, 6.45) is 0.302. The van der Waals surface area contributed by atoms with Gasteiger partial charge in [-0.3, -0.25) is 4.79 Å². The minimum absolute atomic E-state index is 0.226. The van der Waals surface area contributed by atoms with Crippen molar-refractivity contribution >= 4 is 17.6 Å². The Labute approximate surface area is 101 Å². The smallest absolute Gasteiger partial charge is 0.307 e. The van der Waals surface area contributed by atoms with Gasteiger partial charge in [0, 0.05) is 12.1 Å². The Balaban J connectivity index is 2.55. The molecule has 1 rings (SSSR count). The van der Waals surface area contributed by atoms with Gasteiger partial charge >= 0.3 is 5.97 Å². The maximum Gasteiger partial charge on any atom is 0.307 e. The molecule has 0 saturated carbocycles. The van der Waals surface area contributed by atoms with Crippen LogP contribution in [-0.2, 0) is 9.53 Å². The van der Waals surface area contributed by atoms with Crippen LogP contribution in [0.15, 0.2) is 0 Å². The first-order chi connectivity index (χ1) is 8.04. The number of hydrogen-bond donors (Lipinski definition) is 2. The van der Waals surface area contributed by atoms with Gasteiger partial charge in [-0.05, 0) is 20.8 Å². The molecule has 0 aliphatic heterocycles. The molecule has 6 heteroatoms. The fourth-order valence-corrected chi connectivity index (χ4v) is 1.34. The van der Waals surface area contributed by atoms with E-state index in [1.807, 2.05) is 6.92 Å². The summed E-state index contributed by atoms with van der Waals surface area (Å²) < 4.78 is 4.82. The lowest BCUT2D eigenvalue weighted by molar-refractivity contribution is -0.142. The predicted octanol–water partition coefficient (Wildman–Crippen LogP) is 1.04. The average molecular weight is 238 g/mol. The van der Waals surface area contributed by atoms with Gasteiger partial charge in [-0.15, -0.1) is 0 Å². The number of hydrogen-bond acceptors (Lipinski definition) is 6. The molecule has 17 heavy (non-hydrogen) atoms. The number of anilines is 2. The maximum absolute atomic E-state index is 11.1. The quantitative estimate of drug-likeness (QED) is 0.745. The zero-order valence-corrected chi connectivity index (χ0v) is 10.4. The van der Waals surface area contributed by atoms with Gasteiger partial charge in [0.05, 0.1) is 13.0 Å². The molecule has 0 radical (unpaired) electrons. The summed E-state index contributed by atoms with van der Waals surface area (Å²) in [5, 5.41) is 3.05. The van der Waals surface area contributed by atoms with E-state index in [0.717, 1.165) is 5.56 Å². The van der Waals surface area contributed by atoms with Crippen LogP contribution in [0.1, 0.15) is 24.7 Å². The van der Waals surface area contributed by atoms with Crippen LogP contribution in [0, 0.1) is 13.8 Å². The third-order valence-corrected chi connectivity index (χ3v) is 2.22. The van der Waals surface area contributed by atoms with Crippen molar-refractivity contribution in [3.63, 3.8) is 0 Å². The minimum atomic E-state index is -0.226. The minimum Gasteiger partial charge on any atom is -0.466 e. The van der Waals surface area contributed by atoms with Gasteiger partial charge in [-0.2, -0.15) is 0 Å². The Kier molecular flexibility index (Phi) is 4.68. The fourth-order valence-electron chi connectivity index (χ4n) is 1.34. The van der Waals surface area contributed by atoms with Gasteiger partial charge in [0.25, 0.3) is 0 Å². The number of aryl methyl sites for hydroxylation is 1. The van der Waals surface area contributed by atoms with E-state index in [9.17, 15) is 4.79 Å². The van der Waals surface area contributed by atoms with Crippen molar-refractivity contribution in [3.8, 4) is 0 Å². The summed E-state index contributed by atoms with van der Waals surface area (Å²) in [7, 11) is 0. The van der Waals surface area contributed by atoms with Crippen molar-refractivity contribution in [1.82, 2.24) is 9.97 Å². The van der Waals surface area contributed by atoms with Crippen LogP contribution in [0.2, 0.25) is 0 Å². The second-order valence-corrected chi connectivity index (χ2v) is 3.61. The normalized spacial score (nSPS) is 10.1. The monoisotopic (exact) mass is 238 g/mol. The van der Waals surface area contributed by atoms with E-state index in [4.69, 9.17) is 10.5 Å². The Hall–Kier alpha value is -1.85. The molecule has 0 aliphatic rings. The second kappa shape index (κ2) is 6.03. The highest BCUT2D eigenvalue weighted by Gasteiger charge is 2.07. The van der Waals surface area contributed by atoms with E-state index < -0.39 is 0 Å². The largest absolute Gasteiger partial charge is 0.466 e. The summed E-state index contributed by atoms with van der Waals surface area (Å²) in [6, 6.07) is 0. The summed E-state index contributed by atoms with van der Waals surface area (Å²) in [6.45, 7) is 6.25. The van der Waals surface area contributed by atoms with Gasteiger partial charge in [-0.1, -0.05) is 0 Å². The van der Waals surface area contributed by atoms with Crippen LogP contribution in [0.4, 0.5) is 11.6 Å². The van der Waals surface area contributed by atoms with Gasteiger partial charge in [0.15, 0.2) is 0 Å². The Bertz CT molecular complexity index is 407. The molecule has 0 aromatic carbocycles. The molecule has 0 spiro atoms. The van der Waals surface area contributed by atoms with Crippen LogP contribution in [0.5, 0.6) is 0 Å². The molecule has 1 heterocycles. The average Bonchev–Trinajstić information content (AvgIpc) is 2.25. The molecular formula is C11H18N4O2. The second-order valence-electron chi connectivity index (χ2n) is 3.61. The van der Waals surface area contributed by atoms with Crippen molar-refractivity contribution in [1.29, 1.82) is 0 Å². The van der Waals surface area contributed by atoms with Crippen LogP contribution in [0.25, 0.3) is 0 Å². The molecule has 0 amide bonds. The number of ether oxygens (including phenoxy) is 1. The number of nitrogen functional groups attached to an aromatic ring is 1. The highest BCUT2D eigenvalue weighted by atomic mass is 16.5. The van der Waals surface area contributed by atoms with Crippen molar-refractivity contribution in [3.05, 3.63) is 11.4 Å². The zero-order valence-electron chi connectivity index (χ0n) is 10.4. The summed E-state index contributed by atoms with van der Waals surface area (Å²) >= 11 is 0. The van der Waals surface area contributed by atoms with Gasteiger partial charge < -0.3 is 15.8 Å². The fraction of sp³-hybridized carbons (Fsp3) is 0.545. The lowest BCUT2D eigenvalue weighted by atomic mass is 10.3. The topological polar surface area (TPSA) is 90.1 Å². The highest BCUT2D eigenvalue weighted by molar-refractivity contribution is 5.70. The zero-order chi connectivity index (χ0) is 12.8. The van der Waals surface area contributed by atoms with Crippen molar-refractivity contribution < 1.29 is 9.53 Å². The first-order valence-corrected chi connectivity index (χ1v) is 5.54. The third-order valence-electron chi connectivity index (χ3n) is 2.22. The highest BCUT2D eigenvalue weighted by Crippen LogP contribution is 2.16. The first-order valence-electron chi connectivity index (χ1n) is 5.54. The number of nitrogens with two attached hydrogens (primary N) is 1. The van der Waals surface area contributed by atoms with Gasteiger partial charge in [0.1, 0.15) is 17.5 Å². The van der Waals surface area contributed by atoms with Crippen molar-refractivity contribution in [2.24, 2.45) is 0 Å². The number of nitrogens with one attached hydrogen (secondary N) is 1. The van der Waals surface area contributed by atoms with Gasteiger partial charge in [0.2, 0.25) is 0 Å². The van der Waals surface area contributed by atoms with Crippen molar-refractivity contribution in [2.45, 2.75) is 27.2 Å². The molecule has 3 N–H and O–H groups in total. The summed E-state index contributed by atoms with van der Waals surface area (Å²) in [5.41, 5.74) is 6.51. The van der Waals surface area contributed by atoms with E-state index in [1.54, 1.807) is 13.8 Å². The predicted molar refractivity (Wildman–Crippen MR) is 65.7 cm³/mol. The molecule has 0 bridgehead atoms. The van der Waals surface area contributed by atoms with E-state index in [2.05, 4.69) is 15.3 Å². The molecule has 0 fully saturated rings. The number of nitrogens with zero attached hydrogens (tertiary/aromatic N) is 2. The maximum atomic E-state index is 11.1. The SMILES string of the molecule is CCOC(=O)CCNc1nc(C)nc(N)c1C. The van der Waals surface area contributed by atoms with Crippen LogP contribution in [0.3, 0.4) is 0 Å². The van der Waals surface area contributed by atoms with E-state index in [0.29, 0.717) is 37.0 Å². The molecule has 6 nitrogen and oxygen atoms in total. The van der Waals surface area contributed by atoms with Gasteiger partial charge in [-0.25, -0.2) is 9.97 Å². The Morgan fingerprint density at radius 2 is 2.12 bits per heavy atom. The molecule has 1 aromatic rings. The molecular weight excluding hydrogens is 220 g/mol. The van der Waals surface area contributed by atoms with Crippen molar-refractivity contribution in [2.75, 3.05) is 24.2 Å². The van der Waals surface area contributed by atoms with E-state index in [-0.39, 0.29) is 5.97 Å². The molecule has 0 saturated heterocycles. The molecule has 0 unspecified atom stereocenters. The molecule has 0 aliphatic carbocycles. The first kappa shape index (κ1) is 13.2. The summed E-state index contributed by atoms with van der Waals surface area (Å²) in [5.74, 6) is 1.50.